The molecule has 0 unspecified atom stereocenters. The van der Waals surface area contributed by atoms with Gasteiger partial charge in [-0.2, -0.15) is 5.10 Å². The second kappa shape index (κ2) is 10.1. The van der Waals surface area contributed by atoms with Gasteiger partial charge in [-0.3, -0.25) is 9.69 Å². The van der Waals surface area contributed by atoms with Gasteiger partial charge in [-0.25, -0.2) is 4.68 Å². The summed E-state index contributed by atoms with van der Waals surface area (Å²) in [6.07, 6.45) is 3.36. The normalized spacial score (nSPS) is 15.0. The molecule has 1 aliphatic rings. The summed E-state index contributed by atoms with van der Waals surface area (Å²) in [7, 11) is 0. The van der Waals surface area contributed by atoms with Crippen LogP contribution < -0.4 is 0 Å². The van der Waals surface area contributed by atoms with Gasteiger partial charge in [0, 0.05) is 54.9 Å². The molecule has 1 aromatic carbocycles. The van der Waals surface area contributed by atoms with Gasteiger partial charge in [0.05, 0.1) is 17.9 Å². The van der Waals surface area contributed by atoms with Gasteiger partial charge in [0.2, 0.25) is 5.91 Å². The smallest absolute Gasteiger partial charge is 0.246 e. The van der Waals surface area contributed by atoms with Crippen LogP contribution in [0.4, 0.5) is 0 Å². The van der Waals surface area contributed by atoms with Crippen molar-refractivity contribution in [1.82, 2.24) is 24.7 Å². The predicted molar refractivity (Wildman–Crippen MR) is 129 cm³/mol. The molecule has 0 atom stereocenters. The molecule has 7 nitrogen and oxygen atoms in total. The molecule has 3 heterocycles. The van der Waals surface area contributed by atoms with E-state index in [1.54, 1.807) is 16.8 Å². The summed E-state index contributed by atoms with van der Waals surface area (Å²) in [6, 6.07) is 7.57. The molecule has 9 heteroatoms. The van der Waals surface area contributed by atoms with E-state index in [0.717, 1.165) is 53.5 Å². The Morgan fingerprint density at radius 2 is 1.73 bits per heavy atom. The van der Waals surface area contributed by atoms with E-state index in [1.165, 1.54) is 0 Å². The molecule has 2 aromatic heterocycles. The molecule has 0 saturated carbocycles. The Bertz CT molecular complexity index is 1140. The topological polar surface area (TPSA) is 67.4 Å². The van der Waals surface area contributed by atoms with Crippen LogP contribution in [0.2, 0.25) is 10.2 Å². The SMILES string of the molecule is Cc1nn(Cc2ccc(Cl)cc2)c(Cl)c1/C=C/C(=O)N1CCN(Cc2c(C)noc2C)CC1. The lowest BCUT2D eigenvalue weighted by Gasteiger charge is -2.34. The Balaban J connectivity index is 1.35. The molecule has 0 bridgehead atoms. The molecule has 1 fully saturated rings. The van der Waals surface area contributed by atoms with Crippen LogP contribution in [0, 0.1) is 20.8 Å². The molecular formula is C24H27Cl2N5O2. The molecule has 1 saturated heterocycles. The largest absolute Gasteiger partial charge is 0.361 e. The van der Waals surface area contributed by atoms with Gasteiger partial charge in [0.15, 0.2) is 0 Å². The van der Waals surface area contributed by atoms with Crippen LogP contribution in [0.3, 0.4) is 0 Å². The van der Waals surface area contributed by atoms with Gasteiger partial charge < -0.3 is 9.42 Å². The Labute approximate surface area is 203 Å². The van der Waals surface area contributed by atoms with E-state index < -0.39 is 0 Å². The van der Waals surface area contributed by atoms with Crippen molar-refractivity contribution >= 4 is 35.2 Å². The number of nitrogens with zero attached hydrogens (tertiary/aromatic N) is 5. The van der Waals surface area contributed by atoms with Crippen molar-refractivity contribution in [3.05, 3.63) is 74.4 Å². The molecule has 1 aliphatic heterocycles. The zero-order valence-electron chi connectivity index (χ0n) is 19.0. The molecule has 33 heavy (non-hydrogen) atoms. The molecule has 3 aromatic rings. The first kappa shape index (κ1) is 23.5. The van der Waals surface area contributed by atoms with Gasteiger partial charge in [-0.1, -0.05) is 40.5 Å². The number of hydrogen-bond acceptors (Lipinski definition) is 5. The van der Waals surface area contributed by atoms with Crippen LogP contribution in [-0.4, -0.2) is 56.8 Å². The minimum absolute atomic E-state index is 0.0205. The number of piperazine rings is 1. The third-order valence-electron chi connectivity index (χ3n) is 5.99. The van der Waals surface area contributed by atoms with E-state index in [2.05, 4.69) is 15.2 Å². The molecule has 0 N–H and O–H groups in total. The number of aromatic nitrogens is 3. The number of halogens is 2. The molecule has 0 spiro atoms. The van der Waals surface area contributed by atoms with Crippen LogP contribution in [0.25, 0.3) is 6.08 Å². The Morgan fingerprint density at radius 3 is 2.36 bits per heavy atom. The number of carbonyl (C=O) groups excluding carboxylic acids is 1. The highest BCUT2D eigenvalue weighted by Crippen LogP contribution is 2.23. The summed E-state index contributed by atoms with van der Waals surface area (Å²) in [4.78, 5) is 17.0. The van der Waals surface area contributed by atoms with E-state index in [1.807, 2.05) is 49.9 Å². The number of rotatable bonds is 6. The van der Waals surface area contributed by atoms with Crippen LogP contribution in [0.15, 0.2) is 34.9 Å². The van der Waals surface area contributed by atoms with Crippen molar-refractivity contribution in [3.63, 3.8) is 0 Å². The molecule has 1 amide bonds. The van der Waals surface area contributed by atoms with Crippen LogP contribution in [0.5, 0.6) is 0 Å². The molecule has 0 aliphatic carbocycles. The average molecular weight is 488 g/mol. The fraction of sp³-hybridized carbons (Fsp3) is 0.375. The van der Waals surface area contributed by atoms with Gasteiger partial charge >= 0.3 is 0 Å². The standard InChI is InChI=1S/C24H27Cl2N5O2/c1-16-21(24(26)31(27-16)14-19-4-6-20(25)7-5-19)8-9-23(32)30-12-10-29(11-13-30)15-22-17(2)28-33-18(22)3/h4-9H,10-15H2,1-3H3/b9-8+. The number of amides is 1. The molecule has 4 rings (SSSR count). The first-order valence-electron chi connectivity index (χ1n) is 10.9. The highest BCUT2D eigenvalue weighted by molar-refractivity contribution is 6.31. The fourth-order valence-electron chi connectivity index (χ4n) is 3.96. The second-order valence-electron chi connectivity index (χ2n) is 8.31. The first-order valence-corrected chi connectivity index (χ1v) is 11.7. The van der Waals surface area contributed by atoms with Crippen molar-refractivity contribution in [2.45, 2.75) is 33.9 Å². The van der Waals surface area contributed by atoms with Crippen molar-refractivity contribution in [2.24, 2.45) is 0 Å². The number of carbonyl (C=O) groups is 1. The van der Waals surface area contributed by atoms with Gasteiger partial charge in [-0.15, -0.1) is 0 Å². The van der Waals surface area contributed by atoms with Crippen molar-refractivity contribution in [1.29, 1.82) is 0 Å². The second-order valence-corrected chi connectivity index (χ2v) is 9.11. The van der Waals surface area contributed by atoms with E-state index >= 15 is 0 Å². The molecule has 174 valence electrons. The van der Waals surface area contributed by atoms with E-state index in [-0.39, 0.29) is 5.91 Å². The lowest BCUT2D eigenvalue weighted by Crippen LogP contribution is -2.47. The van der Waals surface area contributed by atoms with E-state index in [4.69, 9.17) is 27.7 Å². The Morgan fingerprint density at radius 1 is 1.03 bits per heavy atom. The third kappa shape index (κ3) is 5.49. The molecule has 0 radical (unpaired) electrons. The predicted octanol–water partition coefficient (Wildman–Crippen LogP) is 4.51. The third-order valence-corrected chi connectivity index (χ3v) is 6.65. The van der Waals surface area contributed by atoms with E-state index in [0.29, 0.717) is 29.8 Å². The number of aryl methyl sites for hydroxylation is 3. The van der Waals surface area contributed by atoms with Crippen molar-refractivity contribution in [2.75, 3.05) is 26.2 Å². The van der Waals surface area contributed by atoms with Gasteiger partial charge in [0.25, 0.3) is 0 Å². The Kier molecular flexibility index (Phi) is 7.22. The summed E-state index contributed by atoms with van der Waals surface area (Å²) < 4.78 is 6.99. The quantitative estimate of drug-likeness (QED) is 0.478. The number of benzene rings is 1. The average Bonchev–Trinajstić information content (AvgIpc) is 3.26. The first-order chi connectivity index (χ1) is 15.8. The van der Waals surface area contributed by atoms with Crippen LogP contribution in [0.1, 0.15) is 33.8 Å². The molecular weight excluding hydrogens is 461 g/mol. The monoisotopic (exact) mass is 487 g/mol. The maximum absolute atomic E-state index is 12.8. The highest BCUT2D eigenvalue weighted by atomic mass is 35.5. The minimum atomic E-state index is -0.0205. The summed E-state index contributed by atoms with van der Waals surface area (Å²) >= 11 is 12.5. The van der Waals surface area contributed by atoms with Crippen LogP contribution in [-0.2, 0) is 17.9 Å². The maximum atomic E-state index is 12.8. The zero-order chi connectivity index (χ0) is 23.5. The zero-order valence-corrected chi connectivity index (χ0v) is 20.5. The lowest BCUT2D eigenvalue weighted by molar-refractivity contribution is -0.127. The minimum Gasteiger partial charge on any atom is -0.361 e. The van der Waals surface area contributed by atoms with E-state index in [9.17, 15) is 4.79 Å². The van der Waals surface area contributed by atoms with Crippen molar-refractivity contribution in [3.8, 4) is 0 Å². The Hall–Kier alpha value is -2.61. The van der Waals surface area contributed by atoms with Crippen molar-refractivity contribution < 1.29 is 9.32 Å². The lowest BCUT2D eigenvalue weighted by atomic mass is 10.1. The van der Waals surface area contributed by atoms with Gasteiger partial charge in [0.1, 0.15) is 10.9 Å². The van der Waals surface area contributed by atoms with Crippen LogP contribution >= 0.6 is 23.2 Å². The summed E-state index contributed by atoms with van der Waals surface area (Å²) in [5.41, 5.74) is 4.65. The van der Waals surface area contributed by atoms with Gasteiger partial charge in [-0.05, 0) is 44.5 Å². The summed E-state index contributed by atoms with van der Waals surface area (Å²) in [6.45, 7) is 10.1. The highest BCUT2D eigenvalue weighted by Gasteiger charge is 2.22. The maximum Gasteiger partial charge on any atom is 0.246 e. The fourth-order valence-corrected chi connectivity index (χ4v) is 4.38. The summed E-state index contributed by atoms with van der Waals surface area (Å²) in [5.74, 6) is 0.839. The summed E-state index contributed by atoms with van der Waals surface area (Å²) in [5, 5.41) is 9.75. The number of hydrogen-bond donors (Lipinski definition) is 0.